The van der Waals surface area contributed by atoms with E-state index in [0.29, 0.717) is 0 Å². The van der Waals surface area contributed by atoms with Crippen LogP contribution in [-0.2, 0) is 7.05 Å². The molecule has 3 aromatic carbocycles. The van der Waals surface area contributed by atoms with Gasteiger partial charge in [-0.1, -0.05) is 29.8 Å². The Bertz CT molecular complexity index is 1250. The van der Waals surface area contributed by atoms with Crippen LogP contribution in [-0.4, -0.2) is 10.2 Å². The first-order valence-corrected chi connectivity index (χ1v) is 9.19. The van der Waals surface area contributed by atoms with Crippen LogP contribution in [0.5, 0.6) is 5.75 Å². The number of fused-ring (bicyclic) bond motifs is 8. The first kappa shape index (κ1) is 15.5. The molecule has 0 amide bonds. The van der Waals surface area contributed by atoms with E-state index in [2.05, 4.69) is 87.9 Å². The summed E-state index contributed by atoms with van der Waals surface area (Å²) in [6, 6.07) is 13.5. The van der Waals surface area contributed by atoms with E-state index in [-0.39, 0.29) is 5.60 Å². The fraction of sp³-hybridized carbons (Fsp3) is 0.250. The van der Waals surface area contributed by atoms with Gasteiger partial charge >= 0.3 is 0 Å². The van der Waals surface area contributed by atoms with E-state index in [9.17, 15) is 0 Å². The summed E-state index contributed by atoms with van der Waals surface area (Å²) in [5, 5.41) is 5.11. The molecule has 1 aliphatic rings. The first-order chi connectivity index (χ1) is 12.4. The van der Waals surface area contributed by atoms with Crippen molar-refractivity contribution < 1.29 is 4.74 Å². The highest BCUT2D eigenvalue weighted by molar-refractivity contribution is 6.24. The number of hydrogen-bond acceptors (Lipinski definition) is 1. The van der Waals surface area contributed by atoms with Gasteiger partial charge in [0.05, 0.1) is 5.52 Å². The van der Waals surface area contributed by atoms with Crippen LogP contribution in [0.3, 0.4) is 0 Å². The first-order valence-electron chi connectivity index (χ1n) is 9.19. The van der Waals surface area contributed by atoms with E-state index >= 15 is 0 Å². The molecular formula is C24H23NO. The third kappa shape index (κ3) is 1.99. The Morgan fingerprint density at radius 3 is 2.35 bits per heavy atom. The largest absolute Gasteiger partial charge is 0.482 e. The maximum absolute atomic E-state index is 6.47. The second kappa shape index (κ2) is 4.91. The molecule has 0 spiro atoms. The maximum Gasteiger partial charge on any atom is 0.137 e. The standard InChI is InChI=1S/C24H23NO/c1-14-6-8-16-19(12-14)23-18(10-11-24(3,4)26-23)22-21(16)17-9-7-15(2)13-20(17)25(22)5/h6-13H,1-5H3. The summed E-state index contributed by atoms with van der Waals surface area (Å²) in [4.78, 5) is 0. The number of rotatable bonds is 0. The number of nitrogens with zero attached hydrogens (tertiary/aromatic N) is 1. The van der Waals surface area contributed by atoms with Crippen molar-refractivity contribution in [2.45, 2.75) is 33.3 Å². The lowest BCUT2D eigenvalue weighted by molar-refractivity contribution is 0.162. The molecule has 26 heavy (non-hydrogen) atoms. The van der Waals surface area contributed by atoms with Crippen molar-refractivity contribution in [1.82, 2.24) is 4.57 Å². The normalized spacial score (nSPS) is 15.6. The average Bonchev–Trinajstić information content (AvgIpc) is 2.87. The van der Waals surface area contributed by atoms with Crippen LogP contribution in [0, 0.1) is 13.8 Å². The molecule has 0 saturated carbocycles. The smallest absolute Gasteiger partial charge is 0.137 e. The van der Waals surface area contributed by atoms with Gasteiger partial charge in [-0.2, -0.15) is 0 Å². The SMILES string of the molecule is Cc1ccc2c(c1)c1c(c3c2c2ccc(C)cc2n3C)C=CC(C)(C)O1. The number of aromatic nitrogens is 1. The average molecular weight is 341 g/mol. The van der Waals surface area contributed by atoms with Gasteiger partial charge in [0, 0.05) is 34.3 Å². The molecular weight excluding hydrogens is 318 g/mol. The molecule has 0 atom stereocenters. The van der Waals surface area contributed by atoms with Gasteiger partial charge < -0.3 is 9.30 Å². The number of hydrogen-bond donors (Lipinski definition) is 0. The molecule has 5 rings (SSSR count). The minimum Gasteiger partial charge on any atom is -0.482 e. The Morgan fingerprint density at radius 1 is 0.885 bits per heavy atom. The summed E-state index contributed by atoms with van der Waals surface area (Å²) in [5.74, 6) is 1.01. The van der Waals surface area contributed by atoms with Gasteiger partial charge in [-0.3, -0.25) is 0 Å². The van der Waals surface area contributed by atoms with Crippen molar-refractivity contribution in [3.8, 4) is 5.75 Å². The molecule has 0 N–H and O–H groups in total. The van der Waals surface area contributed by atoms with Crippen molar-refractivity contribution >= 4 is 38.7 Å². The zero-order valence-electron chi connectivity index (χ0n) is 16.0. The fourth-order valence-corrected chi connectivity index (χ4v) is 4.30. The lowest BCUT2D eigenvalue weighted by atomic mass is 9.94. The van der Waals surface area contributed by atoms with Crippen molar-refractivity contribution in [1.29, 1.82) is 0 Å². The number of aryl methyl sites for hydroxylation is 3. The van der Waals surface area contributed by atoms with E-state index in [0.717, 1.165) is 5.75 Å². The Labute approximate surface area is 153 Å². The maximum atomic E-state index is 6.47. The van der Waals surface area contributed by atoms with E-state index in [4.69, 9.17) is 4.74 Å². The zero-order valence-corrected chi connectivity index (χ0v) is 16.0. The third-order valence-electron chi connectivity index (χ3n) is 5.56. The van der Waals surface area contributed by atoms with E-state index in [1.807, 2.05) is 0 Å². The summed E-state index contributed by atoms with van der Waals surface area (Å²) in [6.07, 6.45) is 4.41. The van der Waals surface area contributed by atoms with Crippen LogP contribution in [0.25, 0.3) is 38.7 Å². The van der Waals surface area contributed by atoms with Crippen LogP contribution < -0.4 is 4.74 Å². The lowest BCUT2D eigenvalue weighted by Crippen LogP contribution is -2.27. The van der Waals surface area contributed by atoms with Gasteiger partial charge in [0.1, 0.15) is 11.4 Å². The quantitative estimate of drug-likeness (QED) is 0.367. The second-order valence-corrected chi connectivity index (χ2v) is 8.13. The number of ether oxygens (including phenoxy) is 1. The highest BCUT2D eigenvalue weighted by Gasteiger charge is 2.27. The Kier molecular flexibility index (Phi) is 2.93. The summed E-state index contributed by atoms with van der Waals surface area (Å²) in [6.45, 7) is 8.53. The minimum atomic E-state index is -0.293. The molecule has 1 aliphatic heterocycles. The van der Waals surface area contributed by atoms with Crippen LogP contribution in [0.4, 0.5) is 0 Å². The Morgan fingerprint density at radius 2 is 1.58 bits per heavy atom. The van der Waals surface area contributed by atoms with Gasteiger partial charge in [0.15, 0.2) is 0 Å². The molecule has 0 saturated heterocycles. The van der Waals surface area contributed by atoms with Crippen LogP contribution in [0.1, 0.15) is 30.5 Å². The van der Waals surface area contributed by atoms with Gasteiger partial charge in [-0.25, -0.2) is 0 Å². The molecule has 0 bridgehead atoms. The van der Waals surface area contributed by atoms with Gasteiger partial charge in [-0.15, -0.1) is 0 Å². The van der Waals surface area contributed by atoms with Gasteiger partial charge in [0.25, 0.3) is 0 Å². The summed E-state index contributed by atoms with van der Waals surface area (Å²) < 4.78 is 8.79. The zero-order chi connectivity index (χ0) is 18.2. The van der Waals surface area contributed by atoms with E-state index in [1.165, 1.54) is 49.3 Å². The van der Waals surface area contributed by atoms with Crippen molar-refractivity contribution in [3.05, 3.63) is 59.2 Å². The highest BCUT2D eigenvalue weighted by Crippen LogP contribution is 2.46. The molecule has 0 unspecified atom stereocenters. The lowest BCUT2D eigenvalue weighted by Gasteiger charge is -2.29. The monoisotopic (exact) mass is 341 g/mol. The van der Waals surface area contributed by atoms with Gasteiger partial charge in [-0.05, 0) is 62.9 Å². The minimum absolute atomic E-state index is 0.293. The summed E-state index contributed by atoms with van der Waals surface area (Å²) in [7, 11) is 2.16. The Balaban J connectivity index is 2.10. The summed E-state index contributed by atoms with van der Waals surface area (Å²) in [5.41, 5.74) is 5.96. The van der Waals surface area contributed by atoms with Crippen LogP contribution >= 0.6 is 0 Å². The summed E-state index contributed by atoms with van der Waals surface area (Å²) >= 11 is 0. The fourth-order valence-electron chi connectivity index (χ4n) is 4.30. The molecule has 2 heteroatoms. The molecule has 0 fully saturated rings. The van der Waals surface area contributed by atoms with Crippen LogP contribution in [0.2, 0.25) is 0 Å². The van der Waals surface area contributed by atoms with Crippen molar-refractivity contribution in [2.24, 2.45) is 7.05 Å². The highest BCUT2D eigenvalue weighted by atomic mass is 16.5. The molecule has 1 aromatic heterocycles. The number of benzene rings is 3. The Hall–Kier alpha value is -2.74. The van der Waals surface area contributed by atoms with Crippen molar-refractivity contribution in [2.75, 3.05) is 0 Å². The second-order valence-electron chi connectivity index (χ2n) is 8.13. The molecule has 2 nitrogen and oxygen atoms in total. The van der Waals surface area contributed by atoms with E-state index in [1.54, 1.807) is 0 Å². The van der Waals surface area contributed by atoms with Gasteiger partial charge in [0.2, 0.25) is 0 Å². The predicted octanol–water partition coefficient (Wildman–Crippen LogP) is 6.29. The molecule has 2 heterocycles. The van der Waals surface area contributed by atoms with Crippen LogP contribution in [0.15, 0.2) is 42.5 Å². The van der Waals surface area contributed by atoms with E-state index < -0.39 is 0 Å². The third-order valence-corrected chi connectivity index (χ3v) is 5.56. The predicted molar refractivity (Wildman–Crippen MR) is 111 cm³/mol. The molecule has 0 radical (unpaired) electrons. The van der Waals surface area contributed by atoms with Crippen molar-refractivity contribution in [3.63, 3.8) is 0 Å². The topological polar surface area (TPSA) is 14.2 Å². The molecule has 130 valence electrons. The molecule has 0 aliphatic carbocycles. The molecule has 4 aromatic rings.